The summed E-state index contributed by atoms with van der Waals surface area (Å²) in [4.78, 5) is 14.0. The topological polar surface area (TPSA) is 88.3 Å². The minimum Gasteiger partial charge on any atom is -0.497 e. The van der Waals surface area contributed by atoms with Gasteiger partial charge in [-0.3, -0.25) is 0 Å². The SMILES string of the molecule is COc1ccc(-c2[nH]cc(N)c2C(=O)O)c(Cl)c1. The third-order valence-corrected chi connectivity index (χ3v) is 2.88. The van der Waals surface area contributed by atoms with E-state index in [1.165, 1.54) is 13.3 Å². The van der Waals surface area contributed by atoms with E-state index >= 15 is 0 Å². The van der Waals surface area contributed by atoms with Gasteiger partial charge in [-0.2, -0.15) is 0 Å². The molecule has 5 nitrogen and oxygen atoms in total. The third-order valence-electron chi connectivity index (χ3n) is 2.57. The van der Waals surface area contributed by atoms with Crippen molar-refractivity contribution in [1.82, 2.24) is 4.98 Å². The van der Waals surface area contributed by atoms with Crippen molar-refractivity contribution in [2.45, 2.75) is 0 Å². The molecule has 0 radical (unpaired) electrons. The van der Waals surface area contributed by atoms with Gasteiger partial charge in [-0.25, -0.2) is 4.79 Å². The molecule has 0 spiro atoms. The first-order valence-corrected chi connectivity index (χ1v) is 5.46. The zero-order valence-corrected chi connectivity index (χ0v) is 10.3. The van der Waals surface area contributed by atoms with Crippen molar-refractivity contribution >= 4 is 23.3 Å². The molecule has 2 aromatic rings. The molecule has 0 saturated carbocycles. The van der Waals surface area contributed by atoms with Gasteiger partial charge < -0.3 is 20.6 Å². The minimum atomic E-state index is -1.10. The van der Waals surface area contributed by atoms with Gasteiger partial charge in [-0.05, 0) is 18.2 Å². The summed E-state index contributed by atoms with van der Waals surface area (Å²) < 4.78 is 5.03. The summed E-state index contributed by atoms with van der Waals surface area (Å²) in [6.07, 6.45) is 1.43. The number of H-pyrrole nitrogens is 1. The maximum absolute atomic E-state index is 11.1. The number of halogens is 1. The number of methoxy groups -OCH3 is 1. The van der Waals surface area contributed by atoms with Gasteiger partial charge in [-0.1, -0.05) is 11.6 Å². The second-order valence-electron chi connectivity index (χ2n) is 3.64. The number of nitrogen functional groups attached to an aromatic ring is 1. The average molecular weight is 267 g/mol. The Morgan fingerprint density at radius 2 is 2.22 bits per heavy atom. The van der Waals surface area contributed by atoms with Crippen LogP contribution in [0.1, 0.15) is 10.4 Å². The second-order valence-corrected chi connectivity index (χ2v) is 4.05. The predicted octanol–water partition coefficient (Wildman–Crippen LogP) is 2.62. The van der Waals surface area contributed by atoms with Crippen molar-refractivity contribution in [2.24, 2.45) is 0 Å². The lowest BCUT2D eigenvalue weighted by Crippen LogP contribution is -2.01. The average Bonchev–Trinajstić information content (AvgIpc) is 2.70. The summed E-state index contributed by atoms with van der Waals surface area (Å²) in [6, 6.07) is 4.99. The summed E-state index contributed by atoms with van der Waals surface area (Å²) in [7, 11) is 1.53. The Balaban J connectivity index is 2.59. The molecule has 1 aromatic heterocycles. The Morgan fingerprint density at radius 3 is 2.78 bits per heavy atom. The number of nitrogens with two attached hydrogens (primary N) is 1. The number of aromatic amines is 1. The first kappa shape index (κ1) is 12.3. The van der Waals surface area contributed by atoms with E-state index in [0.717, 1.165) is 0 Å². The van der Waals surface area contributed by atoms with Crippen LogP contribution in [0.3, 0.4) is 0 Å². The lowest BCUT2D eigenvalue weighted by Gasteiger charge is -2.06. The summed E-state index contributed by atoms with van der Waals surface area (Å²) in [5, 5.41) is 9.51. The molecule has 0 unspecified atom stereocenters. The monoisotopic (exact) mass is 266 g/mol. The second kappa shape index (κ2) is 4.62. The normalized spacial score (nSPS) is 10.3. The number of carboxylic acid groups (broad SMARTS) is 1. The van der Waals surface area contributed by atoms with Crippen LogP contribution in [0.5, 0.6) is 5.75 Å². The van der Waals surface area contributed by atoms with Crippen molar-refractivity contribution in [1.29, 1.82) is 0 Å². The smallest absolute Gasteiger partial charge is 0.340 e. The molecule has 0 aliphatic carbocycles. The quantitative estimate of drug-likeness (QED) is 0.797. The van der Waals surface area contributed by atoms with Gasteiger partial charge in [0.15, 0.2) is 0 Å². The molecule has 0 atom stereocenters. The Kier molecular flexibility index (Phi) is 3.16. The fraction of sp³-hybridized carbons (Fsp3) is 0.0833. The maximum Gasteiger partial charge on any atom is 0.340 e. The third kappa shape index (κ3) is 2.00. The Labute approximate surface area is 108 Å². The molecule has 2 rings (SSSR count). The van der Waals surface area contributed by atoms with Gasteiger partial charge in [0, 0.05) is 11.8 Å². The van der Waals surface area contributed by atoms with Crippen molar-refractivity contribution in [2.75, 3.05) is 12.8 Å². The highest BCUT2D eigenvalue weighted by molar-refractivity contribution is 6.33. The summed E-state index contributed by atoms with van der Waals surface area (Å²) in [6.45, 7) is 0. The lowest BCUT2D eigenvalue weighted by atomic mass is 10.1. The standard InChI is InChI=1S/C12H11ClN2O3/c1-18-6-2-3-7(8(13)4-6)11-10(12(16)17)9(14)5-15-11/h2-5,15H,14H2,1H3,(H,16,17). The van der Waals surface area contributed by atoms with E-state index in [4.69, 9.17) is 27.2 Å². The summed E-state index contributed by atoms with van der Waals surface area (Å²) in [5.41, 5.74) is 6.74. The number of hydrogen-bond donors (Lipinski definition) is 3. The molecular formula is C12H11ClN2O3. The van der Waals surface area contributed by atoms with Gasteiger partial charge in [0.2, 0.25) is 0 Å². The van der Waals surface area contributed by atoms with Crippen molar-refractivity contribution in [3.8, 4) is 17.0 Å². The largest absolute Gasteiger partial charge is 0.497 e. The number of carboxylic acids is 1. The fourth-order valence-corrected chi connectivity index (χ4v) is 1.97. The van der Waals surface area contributed by atoms with E-state index < -0.39 is 5.97 Å². The van der Waals surface area contributed by atoms with E-state index in [9.17, 15) is 4.79 Å². The predicted molar refractivity (Wildman–Crippen MR) is 69.2 cm³/mol. The molecule has 0 amide bonds. The van der Waals surface area contributed by atoms with Crippen molar-refractivity contribution in [3.63, 3.8) is 0 Å². The molecule has 1 aromatic carbocycles. The van der Waals surface area contributed by atoms with Gasteiger partial charge in [0.25, 0.3) is 0 Å². The number of hydrogen-bond acceptors (Lipinski definition) is 3. The summed E-state index contributed by atoms with van der Waals surface area (Å²) in [5.74, 6) is -0.504. The number of benzene rings is 1. The van der Waals surface area contributed by atoms with Gasteiger partial charge in [-0.15, -0.1) is 0 Å². The fourth-order valence-electron chi connectivity index (χ4n) is 1.71. The van der Waals surface area contributed by atoms with Crippen LogP contribution in [0.4, 0.5) is 5.69 Å². The van der Waals surface area contributed by atoms with E-state index in [0.29, 0.717) is 22.0 Å². The van der Waals surface area contributed by atoms with Crippen LogP contribution in [-0.4, -0.2) is 23.2 Å². The molecular weight excluding hydrogens is 256 g/mol. The van der Waals surface area contributed by atoms with E-state index in [1.807, 2.05) is 0 Å². The number of carbonyl (C=O) groups is 1. The van der Waals surface area contributed by atoms with E-state index in [2.05, 4.69) is 4.98 Å². The Morgan fingerprint density at radius 1 is 1.50 bits per heavy atom. The van der Waals surface area contributed by atoms with Crippen LogP contribution >= 0.6 is 11.6 Å². The molecule has 18 heavy (non-hydrogen) atoms. The molecule has 6 heteroatoms. The lowest BCUT2D eigenvalue weighted by molar-refractivity contribution is 0.0699. The van der Waals surface area contributed by atoms with E-state index in [1.54, 1.807) is 18.2 Å². The van der Waals surface area contributed by atoms with Crippen molar-refractivity contribution in [3.05, 3.63) is 35.0 Å². The van der Waals surface area contributed by atoms with Crippen LogP contribution in [0.15, 0.2) is 24.4 Å². The first-order valence-electron chi connectivity index (χ1n) is 5.08. The number of anilines is 1. The van der Waals surface area contributed by atoms with Crippen LogP contribution in [0.25, 0.3) is 11.3 Å². The molecule has 0 fully saturated rings. The molecule has 4 N–H and O–H groups in total. The van der Waals surface area contributed by atoms with Gasteiger partial charge >= 0.3 is 5.97 Å². The summed E-state index contributed by atoms with van der Waals surface area (Å²) >= 11 is 6.09. The number of aromatic nitrogens is 1. The number of aromatic carboxylic acids is 1. The molecule has 0 saturated heterocycles. The van der Waals surface area contributed by atoms with Crippen molar-refractivity contribution < 1.29 is 14.6 Å². The number of rotatable bonds is 3. The highest BCUT2D eigenvalue weighted by atomic mass is 35.5. The number of nitrogens with one attached hydrogen (secondary N) is 1. The van der Waals surface area contributed by atoms with Crippen LogP contribution in [0, 0.1) is 0 Å². The first-order chi connectivity index (χ1) is 8.54. The highest BCUT2D eigenvalue weighted by Crippen LogP contribution is 2.34. The zero-order valence-electron chi connectivity index (χ0n) is 9.53. The van der Waals surface area contributed by atoms with Crippen LogP contribution < -0.4 is 10.5 Å². The zero-order chi connectivity index (χ0) is 13.3. The highest BCUT2D eigenvalue weighted by Gasteiger charge is 2.19. The molecule has 94 valence electrons. The van der Waals surface area contributed by atoms with Crippen LogP contribution in [-0.2, 0) is 0 Å². The maximum atomic E-state index is 11.1. The van der Waals surface area contributed by atoms with Gasteiger partial charge in [0.1, 0.15) is 11.3 Å². The van der Waals surface area contributed by atoms with Crippen LogP contribution in [0.2, 0.25) is 5.02 Å². The minimum absolute atomic E-state index is 0.0158. The van der Waals surface area contributed by atoms with Gasteiger partial charge in [0.05, 0.1) is 23.5 Å². The Bertz CT molecular complexity index is 607. The number of ether oxygens (including phenoxy) is 1. The molecule has 1 heterocycles. The molecule has 0 bridgehead atoms. The Hall–Kier alpha value is -2.14. The van der Waals surface area contributed by atoms with E-state index in [-0.39, 0.29) is 11.3 Å². The molecule has 0 aliphatic heterocycles. The molecule has 0 aliphatic rings.